The van der Waals surface area contributed by atoms with Crippen LogP contribution in [-0.4, -0.2) is 0 Å². The van der Waals surface area contributed by atoms with Crippen LogP contribution in [0, 0.1) is 58.2 Å². The first-order valence-corrected chi connectivity index (χ1v) is 17.7. The van der Waals surface area contributed by atoms with E-state index in [9.17, 15) is 0 Å². The molecule has 230 valence electrons. The lowest BCUT2D eigenvalue weighted by atomic mass is 9.51. The van der Waals surface area contributed by atoms with Gasteiger partial charge >= 0.3 is 0 Å². The molecule has 0 heterocycles. The Hall–Kier alpha value is -2.34. The summed E-state index contributed by atoms with van der Waals surface area (Å²) < 4.78 is 0. The van der Waals surface area contributed by atoms with E-state index >= 15 is 0 Å². The number of rotatable bonds is 7. The van der Waals surface area contributed by atoms with Crippen molar-refractivity contribution in [1.82, 2.24) is 0 Å². The maximum absolute atomic E-state index is 4.08. The molecule has 0 radical (unpaired) electrons. The maximum atomic E-state index is 4.08. The molecule has 3 fully saturated rings. The molecule has 0 aromatic heterocycles. The van der Waals surface area contributed by atoms with Crippen molar-refractivity contribution < 1.29 is 0 Å². The largest absolute Gasteiger partial charge is 0.103 e. The highest BCUT2D eigenvalue weighted by Crippen LogP contribution is 2.67. The van der Waals surface area contributed by atoms with E-state index in [1.807, 2.05) is 0 Å². The minimum Gasteiger partial charge on any atom is -0.103 e. The van der Waals surface area contributed by atoms with E-state index in [-0.39, 0.29) is 10.8 Å². The second kappa shape index (κ2) is 11.9. The van der Waals surface area contributed by atoms with Crippen LogP contribution in [0.2, 0.25) is 0 Å². The van der Waals surface area contributed by atoms with E-state index in [0.29, 0.717) is 29.1 Å². The molecule has 0 amide bonds. The van der Waals surface area contributed by atoms with Gasteiger partial charge in [0, 0.05) is 5.41 Å². The van der Waals surface area contributed by atoms with Crippen molar-refractivity contribution in [3.63, 3.8) is 0 Å². The van der Waals surface area contributed by atoms with Crippen molar-refractivity contribution in [2.24, 2.45) is 58.2 Å². The van der Waals surface area contributed by atoms with Gasteiger partial charge in [0.15, 0.2) is 0 Å². The average Bonchev–Trinajstić information content (AvgIpc) is 3.60. The molecule has 6 rings (SSSR count). The maximum Gasteiger partial charge on any atom is 0.0267 e. The molecule has 4 aliphatic carbocycles. The Balaban J connectivity index is 1.59. The molecule has 2 aromatic carbocycles. The van der Waals surface area contributed by atoms with E-state index < -0.39 is 0 Å². The smallest absolute Gasteiger partial charge is 0.0267 e. The van der Waals surface area contributed by atoms with E-state index in [2.05, 4.69) is 133 Å². The van der Waals surface area contributed by atoms with Crippen molar-refractivity contribution in [3.05, 3.63) is 108 Å². The zero-order chi connectivity index (χ0) is 30.4. The predicted octanol–water partition coefficient (Wildman–Crippen LogP) is 11.8. The Kier molecular flexibility index (Phi) is 8.47. The summed E-state index contributed by atoms with van der Waals surface area (Å²) >= 11 is 0. The Labute approximate surface area is 264 Å². The van der Waals surface area contributed by atoms with Crippen LogP contribution in [0.1, 0.15) is 104 Å². The summed E-state index contributed by atoms with van der Waals surface area (Å²) in [6.45, 7) is 18.9. The van der Waals surface area contributed by atoms with Crippen LogP contribution in [-0.2, 0) is 5.41 Å². The molecular formula is C43H58. The second-order valence-corrected chi connectivity index (χ2v) is 17.0. The third-order valence-electron chi connectivity index (χ3n) is 12.7. The zero-order valence-electron chi connectivity index (χ0n) is 28.1. The van der Waals surface area contributed by atoms with Crippen molar-refractivity contribution in [3.8, 4) is 0 Å². The zero-order valence-corrected chi connectivity index (χ0v) is 28.1. The molecule has 0 bridgehead atoms. The molecule has 4 aliphatic rings. The summed E-state index contributed by atoms with van der Waals surface area (Å²) in [5.74, 6) is 5.62. The van der Waals surface area contributed by atoms with Gasteiger partial charge in [0.25, 0.3) is 0 Å². The van der Waals surface area contributed by atoms with Gasteiger partial charge < -0.3 is 0 Å². The highest BCUT2D eigenvalue weighted by atomic mass is 14.7. The van der Waals surface area contributed by atoms with Crippen LogP contribution in [0.15, 0.2) is 97.1 Å². The van der Waals surface area contributed by atoms with Gasteiger partial charge in [0.2, 0.25) is 0 Å². The molecule has 0 spiro atoms. The summed E-state index contributed by atoms with van der Waals surface area (Å²) in [5, 5.41) is 0. The highest BCUT2D eigenvalue weighted by Gasteiger charge is 2.62. The van der Waals surface area contributed by atoms with Gasteiger partial charge in [0.1, 0.15) is 0 Å². The summed E-state index contributed by atoms with van der Waals surface area (Å²) in [4.78, 5) is 0. The highest BCUT2D eigenvalue weighted by molar-refractivity contribution is 5.45. The minimum absolute atomic E-state index is 0.0121. The van der Waals surface area contributed by atoms with Crippen LogP contribution in [0.5, 0.6) is 0 Å². The van der Waals surface area contributed by atoms with Gasteiger partial charge in [-0.25, -0.2) is 0 Å². The predicted molar refractivity (Wildman–Crippen MR) is 185 cm³/mol. The molecule has 8 atom stereocenters. The fourth-order valence-electron chi connectivity index (χ4n) is 10.6. The summed E-state index contributed by atoms with van der Waals surface area (Å²) in [6.07, 6.45) is 20.8. The fraction of sp³-hybridized carbons (Fsp3) is 0.581. The molecular weight excluding hydrogens is 516 g/mol. The monoisotopic (exact) mass is 574 g/mol. The van der Waals surface area contributed by atoms with Gasteiger partial charge in [-0.05, 0) is 120 Å². The van der Waals surface area contributed by atoms with Crippen LogP contribution in [0.4, 0.5) is 0 Å². The quantitative estimate of drug-likeness (QED) is 0.289. The number of benzene rings is 2. The summed E-state index contributed by atoms with van der Waals surface area (Å²) in [6, 6.07) is 23.9. The standard InChI is InChI=1S/C43H58/c1-8-9-16-30-21-22-35(27-30)43(31-17-12-10-13-18-31,32-19-14-11-15-20-32)40-38-28-33(41(2,3)4)23-25-36(38)37-26-24-34(29-39(37)40)42(5,6)7/h8,10-15,17-20,23,25,28,30,34-40H,1,9,16,21-22,24,26-27,29H2,2-7H3. The molecule has 43 heavy (non-hydrogen) atoms. The second-order valence-electron chi connectivity index (χ2n) is 17.0. The molecule has 2 aromatic rings. The number of allylic oxidation sites excluding steroid dienone is 5. The van der Waals surface area contributed by atoms with Crippen molar-refractivity contribution in [2.45, 2.75) is 98.3 Å². The summed E-state index contributed by atoms with van der Waals surface area (Å²) in [5.41, 5.74) is 5.25. The fourth-order valence-corrected chi connectivity index (χ4v) is 10.6. The van der Waals surface area contributed by atoms with Crippen LogP contribution >= 0.6 is 0 Å². The first-order valence-electron chi connectivity index (χ1n) is 17.7. The number of hydrogen-bond acceptors (Lipinski definition) is 0. The number of fused-ring (bicyclic) bond motifs is 3. The Morgan fingerprint density at radius 1 is 0.721 bits per heavy atom. The molecule has 3 saturated carbocycles. The normalized spacial score (nSPS) is 32.7. The Bertz CT molecular complexity index is 1260. The number of hydrogen-bond donors (Lipinski definition) is 0. The van der Waals surface area contributed by atoms with E-state index in [4.69, 9.17) is 0 Å². The molecule has 0 saturated heterocycles. The molecule has 8 unspecified atom stereocenters. The third-order valence-corrected chi connectivity index (χ3v) is 12.7. The summed E-state index contributed by atoms with van der Waals surface area (Å²) in [7, 11) is 0. The first kappa shape index (κ1) is 30.7. The van der Waals surface area contributed by atoms with Crippen LogP contribution in [0.3, 0.4) is 0 Å². The lowest BCUT2D eigenvalue weighted by Crippen LogP contribution is -2.48. The Morgan fingerprint density at radius 2 is 1.35 bits per heavy atom. The van der Waals surface area contributed by atoms with E-state index in [0.717, 1.165) is 30.1 Å². The molecule has 0 N–H and O–H groups in total. The molecule has 0 aliphatic heterocycles. The van der Waals surface area contributed by atoms with Gasteiger partial charge in [0.05, 0.1) is 0 Å². The minimum atomic E-state index is 0.0121. The lowest BCUT2D eigenvalue weighted by Gasteiger charge is -2.52. The SMILES string of the molecule is C=CCCC1CCC(C(c2ccccc2)(c2ccccc2)C2C3C=C(C(C)(C)C)C=CC3C3CCC(C(C)(C)C)CC32)C1. The van der Waals surface area contributed by atoms with Gasteiger partial charge in [-0.15, -0.1) is 6.58 Å². The van der Waals surface area contributed by atoms with Gasteiger partial charge in [-0.2, -0.15) is 0 Å². The molecule has 0 nitrogen and oxygen atoms in total. The average molecular weight is 575 g/mol. The van der Waals surface area contributed by atoms with E-state index in [1.165, 1.54) is 44.9 Å². The van der Waals surface area contributed by atoms with Crippen molar-refractivity contribution in [1.29, 1.82) is 0 Å². The third kappa shape index (κ3) is 5.55. The molecule has 0 heteroatoms. The van der Waals surface area contributed by atoms with Crippen LogP contribution in [0.25, 0.3) is 0 Å². The van der Waals surface area contributed by atoms with Crippen molar-refractivity contribution >= 4 is 0 Å². The van der Waals surface area contributed by atoms with Gasteiger partial charge in [-0.1, -0.05) is 133 Å². The van der Waals surface area contributed by atoms with Crippen LogP contribution < -0.4 is 0 Å². The lowest BCUT2D eigenvalue weighted by molar-refractivity contribution is 0.0557. The first-order chi connectivity index (χ1) is 20.5. The van der Waals surface area contributed by atoms with Gasteiger partial charge in [-0.3, -0.25) is 0 Å². The topological polar surface area (TPSA) is 0 Å². The van der Waals surface area contributed by atoms with Crippen molar-refractivity contribution in [2.75, 3.05) is 0 Å². The Morgan fingerprint density at radius 3 is 1.93 bits per heavy atom. The van der Waals surface area contributed by atoms with E-state index in [1.54, 1.807) is 16.7 Å².